The molecule has 9 heteroatoms. The van der Waals surface area contributed by atoms with Gasteiger partial charge in [0.2, 0.25) is 0 Å². The summed E-state index contributed by atoms with van der Waals surface area (Å²) in [6.45, 7) is 9.16. The Morgan fingerprint density at radius 3 is 2.45 bits per heavy atom. The van der Waals surface area contributed by atoms with Crippen molar-refractivity contribution < 1.29 is 9.59 Å². The fourth-order valence-electron chi connectivity index (χ4n) is 4.41. The molecule has 1 aromatic heterocycles. The van der Waals surface area contributed by atoms with Crippen molar-refractivity contribution >= 4 is 11.9 Å². The lowest BCUT2D eigenvalue weighted by molar-refractivity contribution is 0.0623. The molecule has 9 nitrogen and oxygen atoms in total. The number of aryl methyl sites for hydroxylation is 1. The first-order valence-electron chi connectivity index (χ1n) is 12.1. The Kier molecular flexibility index (Phi) is 7.59. The summed E-state index contributed by atoms with van der Waals surface area (Å²) >= 11 is 0. The van der Waals surface area contributed by atoms with Crippen LogP contribution in [-0.2, 0) is 26.1 Å². The highest BCUT2D eigenvalue weighted by Gasteiger charge is 2.24. The summed E-state index contributed by atoms with van der Waals surface area (Å²) in [4.78, 5) is 29.0. The van der Waals surface area contributed by atoms with Crippen molar-refractivity contribution in [3.8, 4) is 0 Å². The number of carbonyl (C=O) groups is 2. The van der Waals surface area contributed by atoms with Crippen LogP contribution >= 0.6 is 0 Å². The molecule has 2 aliphatic heterocycles. The first kappa shape index (κ1) is 23.2. The summed E-state index contributed by atoms with van der Waals surface area (Å²) in [6.07, 6.45) is 4.67. The van der Waals surface area contributed by atoms with Crippen LogP contribution in [-0.4, -0.2) is 68.7 Å². The molecule has 3 heterocycles. The second-order valence-electron chi connectivity index (χ2n) is 9.24. The molecule has 0 atom stereocenters. The summed E-state index contributed by atoms with van der Waals surface area (Å²) < 4.78 is 2.30. The summed E-state index contributed by atoms with van der Waals surface area (Å²) in [5, 5.41) is 14.5. The predicted octanol–water partition coefficient (Wildman–Crippen LogP) is 2.17. The smallest absolute Gasteiger partial charge is 0.315 e. The average molecular weight is 454 g/mol. The number of urea groups is 1. The minimum atomic E-state index is -0.190. The molecule has 1 saturated heterocycles. The SMILES string of the molecule is CC(C)NC(=O)NCc1ccc(C(=O)N2CCN(Cc3nnc4n3CCCCC4)CC2)cc1. The molecule has 0 unspecified atom stereocenters. The molecule has 33 heavy (non-hydrogen) atoms. The molecule has 1 aromatic carbocycles. The van der Waals surface area contributed by atoms with Crippen LogP contribution in [0.25, 0.3) is 0 Å². The van der Waals surface area contributed by atoms with Gasteiger partial charge in [-0.3, -0.25) is 9.69 Å². The van der Waals surface area contributed by atoms with E-state index in [1.807, 2.05) is 43.0 Å². The Hall–Kier alpha value is -2.94. The fraction of sp³-hybridized carbons (Fsp3) is 0.583. The third-order valence-electron chi connectivity index (χ3n) is 6.28. The minimum Gasteiger partial charge on any atom is -0.336 e. The number of hydrogen-bond acceptors (Lipinski definition) is 5. The Bertz CT molecular complexity index is 946. The van der Waals surface area contributed by atoms with Crippen LogP contribution in [0.1, 0.15) is 60.7 Å². The van der Waals surface area contributed by atoms with Crippen LogP contribution in [0, 0.1) is 0 Å². The monoisotopic (exact) mass is 453 g/mol. The molecule has 0 aliphatic carbocycles. The van der Waals surface area contributed by atoms with Crippen LogP contribution < -0.4 is 10.6 Å². The van der Waals surface area contributed by atoms with Crippen LogP contribution in [0.4, 0.5) is 4.79 Å². The van der Waals surface area contributed by atoms with Crippen LogP contribution in [0.2, 0.25) is 0 Å². The van der Waals surface area contributed by atoms with Crippen molar-refractivity contribution in [2.45, 2.75) is 65.2 Å². The first-order valence-corrected chi connectivity index (χ1v) is 12.1. The molecule has 0 bridgehead atoms. The number of fused-ring (bicyclic) bond motifs is 1. The molecule has 178 valence electrons. The van der Waals surface area contributed by atoms with E-state index in [1.165, 1.54) is 19.3 Å². The standard InChI is InChI=1S/C24H35N7O2/c1-18(2)26-24(33)25-16-19-7-9-20(10-8-19)23(32)30-14-12-29(13-15-30)17-22-28-27-21-6-4-3-5-11-31(21)22/h7-10,18H,3-6,11-17H2,1-2H3,(H2,25,26,33). The van der Waals surface area contributed by atoms with Gasteiger partial charge in [0.25, 0.3) is 5.91 Å². The number of aromatic nitrogens is 3. The number of piperazine rings is 1. The van der Waals surface area contributed by atoms with Crippen molar-refractivity contribution in [2.75, 3.05) is 26.2 Å². The number of rotatable bonds is 6. The zero-order valence-electron chi connectivity index (χ0n) is 19.7. The second kappa shape index (κ2) is 10.8. The van der Waals surface area contributed by atoms with Gasteiger partial charge in [0.05, 0.1) is 6.54 Å². The third-order valence-corrected chi connectivity index (χ3v) is 6.28. The molecule has 3 amide bonds. The number of amides is 3. The van der Waals surface area contributed by atoms with Crippen molar-refractivity contribution in [1.29, 1.82) is 0 Å². The van der Waals surface area contributed by atoms with Crippen molar-refractivity contribution in [3.05, 3.63) is 47.0 Å². The number of hydrogen-bond donors (Lipinski definition) is 2. The van der Waals surface area contributed by atoms with E-state index in [1.54, 1.807) is 0 Å². The largest absolute Gasteiger partial charge is 0.336 e. The molecule has 4 rings (SSSR count). The van der Waals surface area contributed by atoms with Gasteiger partial charge >= 0.3 is 6.03 Å². The molecular weight excluding hydrogens is 418 g/mol. The summed E-state index contributed by atoms with van der Waals surface area (Å²) in [7, 11) is 0. The Balaban J connectivity index is 1.25. The van der Waals surface area contributed by atoms with E-state index in [4.69, 9.17) is 0 Å². The van der Waals surface area contributed by atoms with E-state index in [0.717, 1.165) is 49.8 Å². The molecule has 2 aromatic rings. The minimum absolute atomic E-state index is 0.0584. The molecule has 0 saturated carbocycles. The van der Waals surface area contributed by atoms with Crippen LogP contribution in [0.5, 0.6) is 0 Å². The third kappa shape index (κ3) is 6.10. The molecule has 0 spiro atoms. The maximum atomic E-state index is 13.0. The van der Waals surface area contributed by atoms with Gasteiger partial charge in [0.15, 0.2) is 0 Å². The van der Waals surface area contributed by atoms with E-state index < -0.39 is 0 Å². The average Bonchev–Trinajstić information content (AvgIpc) is 3.03. The van der Waals surface area contributed by atoms with Gasteiger partial charge < -0.3 is 20.1 Å². The summed E-state index contributed by atoms with van der Waals surface area (Å²) in [5.41, 5.74) is 1.64. The van der Waals surface area contributed by atoms with Crippen molar-refractivity contribution in [3.63, 3.8) is 0 Å². The Labute approximate surface area is 195 Å². The van der Waals surface area contributed by atoms with E-state index in [-0.39, 0.29) is 18.0 Å². The van der Waals surface area contributed by atoms with Gasteiger partial charge in [-0.1, -0.05) is 18.6 Å². The van der Waals surface area contributed by atoms with E-state index in [2.05, 4.69) is 30.3 Å². The van der Waals surface area contributed by atoms with Gasteiger partial charge in [-0.25, -0.2) is 4.79 Å². The quantitative estimate of drug-likeness (QED) is 0.699. The zero-order chi connectivity index (χ0) is 23.2. The molecule has 1 fully saturated rings. The maximum Gasteiger partial charge on any atom is 0.315 e. The zero-order valence-corrected chi connectivity index (χ0v) is 19.7. The maximum absolute atomic E-state index is 13.0. The lowest BCUT2D eigenvalue weighted by atomic mass is 10.1. The number of benzene rings is 1. The number of nitrogens with one attached hydrogen (secondary N) is 2. The summed E-state index contributed by atoms with van der Waals surface area (Å²) in [6, 6.07) is 7.39. The lowest BCUT2D eigenvalue weighted by Crippen LogP contribution is -2.48. The first-order chi connectivity index (χ1) is 16.0. The highest BCUT2D eigenvalue weighted by atomic mass is 16.2. The highest BCUT2D eigenvalue weighted by Crippen LogP contribution is 2.17. The molecule has 2 N–H and O–H groups in total. The van der Waals surface area contributed by atoms with Crippen LogP contribution in [0.15, 0.2) is 24.3 Å². The van der Waals surface area contributed by atoms with Crippen LogP contribution in [0.3, 0.4) is 0 Å². The lowest BCUT2D eigenvalue weighted by Gasteiger charge is -2.34. The molecular formula is C24H35N7O2. The van der Waals surface area contributed by atoms with Gasteiger partial charge in [-0.15, -0.1) is 10.2 Å². The van der Waals surface area contributed by atoms with E-state index >= 15 is 0 Å². The van der Waals surface area contributed by atoms with E-state index in [0.29, 0.717) is 25.2 Å². The van der Waals surface area contributed by atoms with Crippen molar-refractivity contribution in [1.82, 2.24) is 35.2 Å². The second-order valence-corrected chi connectivity index (χ2v) is 9.24. The van der Waals surface area contributed by atoms with Crippen molar-refractivity contribution in [2.24, 2.45) is 0 Å². The van der Waals surface area contributed by atoms with E-state index in [9.17, 15) is 9.59 Å². The Morgan fingerprint density at radius 1 is 0.970 bits per heavy atom. The fourth-order valence-corrected chi connectivity index (χ4v) is 4.41. The Morgan fingerprint density at radius 2 is 1.73 bits per heavy atom. The highest BCUT2D eigenvalue weighted by molar-refractivity contribution is 5.94. The summed E-state index contributed by atoms with van der Waals surface area (Å²) in [5.74, 6) is 2.23. The van der Waals surface area contributed by atoms with Gasteiger partial charge in [0.1, 0.15) is 11.6 Å². The molecule has 0 radical (unpaired) electrons. The number of carbonyl (C=O) groups excluding carboxylic acids is 2. The predicted molar refractivity (Wildman–Crippen MR) is 126 cm³/mol. The number of nitrogens with zero attached hydrogens (tertiary/aromatic N) is 5. The normalized spacial score (nSPS) is 16.9. The molecule has 2 aliphatic rings. The van der Waals surface area contributed by atoms with Gasteiger partial charge in [-0.2, -0.15) is 0 Å². The van der Waals surface area contributed by atoms with Gasteiger partial charge in [0, 0.05) is 57.3 Å². The topological polar surface area (TPSA) is 95.4 Å². The van der Waals surface area contributed by atoms with Gasteiger partial charge in [-0.05, 0) is 44.4 Å².